The Morgan fingerprint density at radius 1 is 1.16 bits per heavy atom. The van der Waals surface area contributed by atoms with Gasteiger partial charge in [-0.25, -0.2) is 4.39 Å². The monoisotopic (exact) mass is 361 g/mol. The molecule has 1 aliphatic rings. The number of methoxy groups -OCH3 is 1. The number of β-lactam (4-membered cyclic amide) rings is 1. The summed E-state index contributed by atoms with van der Waals surface area (Å²) in [6, 6.07) is 13.0. The van der Waals surface area contributed by atoms with Gasteiger partial charge in [-0.3, -0.25) is 9.59 Å². The first-order valence-corrected chi connectivity index (χ1v) is 8.30. The van der Waals surface area contributed by atoms with Crippen LogP contribution in [0.4, 0.5) is 10.1 Å². The Morgan fingerprint density at radius 3 is 2.36 bits per heavy atom. The van der Waals surface area contributed by atoms with E-state index in [2.05, 4.69) is 0 Å². The molecule has 0 saturated carbocycles. The maximum atomic E-state index is 13.2. The number of anilines is 1. The number of rotatable bonds is 6. The van der Waals surface area contributed by atoms with Gasteiger partial charge in [-0.2, -0.15) is 0 Å². The van der Waals surface area contributed by atoms with Crippen molar-refractivity contribution in [1.82, 2.24) is 0 Å². The van der Waals surface area contributed by atoms with E-state index >= 15 is 0 Å². The predicted octanol–water partition coefficient (Wildman–Crippen LogP) is 4.08. The third-order valence-corrected chi connectivity index (χ3v) is 4.62. The van der Waals surface area contributed by atoms with Crippen LogP contribution in [0.1, 0.15) is 24.4 Å². The number of hydrogen-bond acceptors (Lipinski definition) is 3. The van der Waals surface area contributed by atoms with Crippen LogP contribution in [0.25, 0.3) is 0 Å². The molecule has 0 bridgehead atoms. The second-order valence-corrected chi connectivity index (χ2v) is 6.32. The third-order valence-electron chi connectivity index (χ3n) is 4.43. The molecule has 3 rings (SSSR count). The molecule has 1 saturated heterocycles. The first-order chi connectivity index (χ1) is 12.0. The average molecular weight is 362 g/mol. The Labute approximate surface area is 150 Å². The molecule has 0 spiro atoms. The average Bonchev–Trinajstić information content (AvgIpc) is 2.61. The predicted molar refractivity (Wildman–Crippen MR) is 93.2 cm³/mol. The van der Waals surface area contributed by atoms with E-state index in [4.69, 9.17) is 16.3 Å². The number of amides is 1. The van der Waals surface area contributed by atoms with Gasteiger partial charge in [0.25, 0.3) is 0 Å². The van der Waals surface area contributed by atoms with E-state index in [1.807, 2.05) is 24.3 Å². The highest BCUT2D eigenvalue weighted by Gasteiger charge is 2.48. The fourth-order valence-corrected chi connectivity index (χ4v) is 3.28. The van der Waals surface area contributed by atoms with Gasteiger partial charge >= 0.3 is 0 Å². The highest BCUT2D eigenvalue weighted by molar-refractivity contribution is 6.63. The molecule has 0 N–H and O–H groups in total. The van der Waals surface area contributed by atoms with Crippen LogP contribution < -0.4 is 9.64 Å². The highest BCUT2D eigenvalue weighted by Crippen LogP contribution is 2.45. The molecule has 6 heteroatoms. The molecular weight excluding hydrogens is 345 g/mol. The Kier molecular flexibility index (Phi) is 5.04. The van der Waals surface area contributed by atoms with E-state index in [1.165, 1.54) is 12.1 Å². The number of hydrogen-bond donors (Lipinski definition) is 0. The quantitative estimate of drug-likeness (QED) is 0.575. The topological polar surface area (TPSA) is 46.6 Å². The molecule has 4 nitrogen and oxygen atoms in total. The van der Waals surface area contributed by atoms with Gasteiger partial charge in [-0.05, 0) is 60.0 Å². The summed E-state index contributed by atoms with van der Waals surface area (Å²) in [5, 5.41) is -0.457. The molecule has 1 amide bonds. The van der Waals surface area contributed by atoms with E-state index in [0.29, 0.717) is 12.1 Å². The largest absolute Gasteiger partial charge is 0.497 e. The standard InChI is InChI=1S/C19H17ClFNO3/c1-25-15-8-2-12(3-9-15)18-16(10-11-17(20)23)19(24)22(18)14-6-4-13(21)5-7-14/h2-9,16,18H,10-11H2,1H3/t16-,18-/m1/s1. The molecule has 1 fully saturated rings. The minimum absolute atomic E-state index is 0.0923. The van der Waals surface area contributed by atoms with Crippen LogP contribution in [0.3, 0.4) is 0 Å². The molecule has 1 heterocycles. The van der Waals surface area contributed by atoms with E-state index in [1.54, 1.807) is 24.1 Å². The summed E-state index contributed by atoms with van der Waals surface area (Å²) in [5.41, 5.74) is 1.55. The lowest BCUT2D eigenvalue weighted by Gasteiger charge is -2.47. The summed E-state index contributed by atoms with van der Waals surface area (Å²) in [6.45, 7) is 0. The van der Waals surface area contributed by atoms with Crippen molar-refractivity contribution in [3.8, 4) is 5.75 Å². The zero-order chi connectivity index (χ0) is 18.0. The SMILES string of the molecule is COc1ccc([C@@H]2[C@@H](CCC(=O)Cl)C(=O)N2c2ccc(F)cc2)cc1. The zero-order valence-corrected chi connectivity index (χ0v) is 14.4. The number of carbonyl (C=O) groups excluding carboxylic acids is 2. The van der Waals surface area contributed by atoms with Gasteiger partial charge in [0.05, 0.1) is 19.1 Å². The number of ether oxygens (including phenoxy) is 1. The van der Waals surface area contributed by atoms with E-state index in [0.717, 1.165) is 11.3 Å². The van der Waals surface area contributed by atoms with Crippen molar-refractivity contribution >= 4 is 28.4 Å². The van der Waals surface area contributed by atoms with Crippen LogP contribution in [0.2, 0.25) is 0 Å². The third kappa shape index (κ3) is 3.51. The van der Waals surface area contributed by atoms with Crippen LogP contribution >= 0.6 is 11.6 Å². The fourth-order valence-electron chi connectivity index (χ4n) is 3.17. The van der Waals surface area contributed by atoms with Crippen LogP contribution in [-0.4, -0.2) is 18.3 Å². The lowest BCUT2D eigenvalue weighted by molar-refractivity contribution is -0.131. The Hall–Kier alpha value is -2.40. The van der Waals surface area contributed by atoms with Crippen LogP contribution in [-0.2, 0) is 9.59 Å². The van der Waals surface area contributed by atoms with E-state index in [9.17, 15) is 14.0 Å². The first-order valence-electron chi connectivity index (χ1n) is 7.92. The summed E-state index contributed by atoms with van der Waals surface area (Å²) in [6.07, 6.45) is 0.525. The summed E-state index contributed by atoms with van der Waals surface area (Å²) < 4.78 is 18.4. The normalized spacial score (nSPS) is 19.5. The number of halogens is 2. The second kappa shape index (κ2) is 7.23. The molecule has 1 aliphatic heterocycles. The van der Waals surface area contributed by atoms with Crippen molar-refractivity contribution < 1.29 is 18.7 Å². The molecular formula is C19H17ClFNO3. The summed E-state index contributed by atoms with van der Waals surface area (Å²) >= 11 is 5.43. The lowest BCUT2D eigenvalue weighted by atomic mass is 9.79. The molecule has 0 unspecified atom stereocenters. The van der Waals surface area contributed by atoms with Gasteiger partial charge in [-0.15, -0.1) is 0 Å². The number of benzene rings is 2. The zero-order valence-electron chi connectivity index (χ0n) is 13.6. The highest BCUT2D eigenvalue weighted by atomic mass is 35.5. The van der Waals surface area contributed by atoms with E-state index < -0.39 is 5.24 Å². The maximum absolute atomic E-state index is 13.2. The van der Waals surface area contributed by atoms with E-state index in [-0.39, 0.29) is 30.1 Å². The Balaban J connectivity index is 1.91. The molecule has 2 atom stereocenters. The van der Waals surface area contributed by atoms with Crippen LogP contribution in [0.5, 0.6) is 5.75 Å². The van der Waals surface area contributed by atoms with Crippen molar-refractivity contribution in [3.05, 3.63) is 59.9 Å². The van der Waals surface area contributed by atoms with Crippen molar-refractivity contribution in [3.63, 3.8) is 0 Å². The Bertz CT molecular complexity index is 776. The molecule has 2 aromatic carbocycles. The van der Waals surface area contributed by atoms with Crippen molar-refractivity contribution in [2.45, 2.75) is 18.9 Å². The van der Waals surface area contributed by atoms with Crippen molar-refractivity contribution in [2.75, 3.05) is 12.0 Å². The smallest absolute Gasteiger partial charge is 0.233 e. The second-order valence-electron chi connectivity index (χ2n) is 5.90. The maximum Gasteiger partial charge on any atom is 0.233 e. The molecule has 2 aromatic rings. The molecule has 25 heavy (non-hydrogen) atoms. The van der Waals surface area contributed by atoms with Gasteiger partial charge in [-0.1, -0.05) is 12.1 Å². The lowest BCUT2D eigenvalue weighted by Crippen LogP contribution is -2.55. The van der Waals surface area contributed by atoms with Gasteiger partial charge < -0.3 is 9.64 Å². The number of nitrogens with zero attached hydrogens (tertiary/aromatic N) is 1. The molecule has 0 aliphatic carbocycles. The van der Waals surface area contributed by atoms with Gasteiger partial charge in [0.15, 0.2) is 0 Å². The minimum Gasteiger partial charge on any atom is -0.497 e. The van der Waals surface area contributed by atoms with Crippen molar-refractivity contribution in [2.24, 2.45) is 5.92 Å². The Morgan fingerprint density at radius 2 is 1.80 bits per heavy atom. The summed E-state index contributed by atoms with van der Waals surface area (Å²) in [7, 11) is 1.58. The number of carbonyl (C=O) groups is 2. The molecule has 0 radical (unpaired) electrons. The van der Waals surface area contributed by atoms with Crippen LogP contribution in [0.15, 0.2) is 48.5 Å². The molecule has 130 valence electrons. The molecule has 0 aromatic heterocycles. The first kappa shape index (κ1) is 17.4. The van der Waals surface area contributed by atoms with Gasteiger partial charge in [0.2, 0.25) is 11.1 Å². The minimum atomic E-state index is -0.457. The van der Waals surface area contributed by atoms with Gasteiger partial charge in [0, 0.05) is 12.1 Å². The fraction of sp³-hybridized carbons (Fsp3) is 0.263. The summed E-state index contributed by atoms with van der Waals surface area (Å²) in [4.78, 5) is 25.3. The van der Waals surface area contributed by atoms with Crippen molar-refractivity contribution in [1.29, 1.82) is 0 Å². The summed E-state index contributed by atoms with van der Waals surface area (Å²) in [5.74, 6) is -0.0660. The van der Waals surface area contributed by atoms with Crippen LogP contribution in [0, 0.1) is 11.7 Å². The van der Waals surface area contributed by atoms with Gasteiger partial charge in [0.1, 0.15) is 11.6 Å².